The number of rotatable bonds is 4. The van der Waals surface area contributed by atoms with Gasteiger partial charge >= 0.3 is 0 Å². The third-order valence-corrected chi connectivity index (χ3v) is 8.27. The van der Waals surface area contributed by atoms with E-state index in [-0.39, 0.29) is 24.6 Å². The highest BCUT2D eigenvalue weighted by Gasteiger charge is 2.32. The standard InChI is InChI=1S/C28H29N3O4S/c32-26(18-31-13-9-25-22(10-16-36-25)27(31)20-5-2-1-3-6-20)29-11-4-12-30(15-14-29)28(33)21-7-8-23-24(17-21)35-19-34-23/h1-3,5-8,10,16-17,27H,4,9,11-15,18-19H2/t27-/m0/s1. The van der Waals surface area contributed by atoms with Crippen LogP contribution in [0.25, 0.3) is 0 Å². The van der Waals surface area contributed by atoms with Crippen molar-refractivity contribution in [3.8, 4) is 11.5 Å². The maximum Gasteiger partial charge on any atom is 0.254 e. The number of amides is 2. The van der Waals surface area contributed by atoms with Gasteiger partial charge in [-0.3, -0.25) is 14.5 Å². The van der Waals surface area contributed by atoms with E-state index in [0.717, 1.165) is 19.4 Å². The Kier molecular flexibility index (Phi) is 6.37. The first-order valence-corrected chi connectivity index (χ1v) is 13.4. The van der Waals surface area contributed by atoms with Crippen molar-refractivity contribution in [2.45, 2.75) is 18.9 Å². The van der Waals surface area contributed by atoms with Crippen molar-refractivity contribution >= 4 is 23.2 Å². The second-order valence-corrected chi connectivity index (χ2v) is 10.4. The van der Waals surface area contributed by atoms with E-state index in [1.54, 1.807) is 18.2 Å². The minimum atomic E-state index is -0.0345. The molecule has 0 spiro atoms. The smallest absolute Gasteiger partial charge is 0.254 e. The maximum absolute atomic E-state index is 13.5. The third-order valence-electron chi connectivity index (χ3n) is 7.27. The SMILES string of the molecule is O=C(CN1CCc2sccc2[C@@H]1c1ccccc1)N1CCCN(C(=O)c2ccc3c(c2)OCO3)CC1. The van der Waals surface area contributed by atoms with Gasteiger partial charge in [0.25, 0.3) is 5.91 Å². The van der Waals surface area contributed by atoms with Gasteiger partial charge in [-0.15, -0.1) is 11.3 Å². The molecule has 36 heavy (non-hydrogen) atoms. The van der Waals surface area contributed by atoms with Gasteiger partial charge in [0.2, 0.25) is 12.7 Å². The van der Waals surface area contributed by atoms with Crippen LogP contribution in [0.5, 0.6) is 11.5 Å². The summed E-state index contributed by atoms with van der Waals surface area (Å²) in [6.07, 6.45) is 1.74. The van der Waals surface area contributed by atoms with E-state index in [4.69, 9.17) is 9.47 Å². The molecule has 2 aromatic carbocycles. The molecule has 1 aromatic heterocycles. The minimum Gasteiger partial charge on any atom is -0.454 e. The Balaban J connectivity index is 1.12. The summed E-state index contributed by atoms with van der Waals surface area (Å²) >= 11 is 1.81. The lowest BCUT2D eigenvalue weighted by Crippen LogP contribution is -2.45. The van der Waals surface area contributed by atoms with Gasteiger partial charge in [-0.2, -0.15) is 0 Å². The molecule has 8 heteroatoms. The first-order valence-electron chi connectivity index (χ1n) is 12.5. The highest BCUT2D eigenvalue weighted by Crippen LogP contribution is 2.37. The van der Waals surface area contributed by atoms with E-state index in [1.165, 1.54) is 16.0 Å². The highest BCUT2D eigenvalue weighted by atomic mass is 32.1. The summed E-state index contributed by atoms with van der Waals surface area (Å²) in [5, 5.41) is 2.16. The number of ether oxygens (including phenoxy) is 2. The number of benzene rings is 2. The molecule has 0 N–H and O–H groups in total. The van der Waals surface area contributed by atoms with Crippen LogP contribution in [0.4, 0.5) is 0 Å². The molecular weight excluding hydrogens is 474 g/mol. The first-order chi connectivity index (χ1) is 17.7. The molecule has 0 saturated carbocycles. The summed E-state index contributed by atoms with van der Waals surface area (Å²) in [7, 11) is 0. The lowest BCUT2D eigenvalue weighted by Gasteiger charge is -2.37. The second-order valence-electron chi connectivity index (χ2n) is 9.43. The van der Waals surface area contributed by atoms with Gasteiger partial charge in [0.1, 0.15) is 0 Å². The lowest BCUT2D eigenvalue weighted by molar-refractivity contribution is -0.132. The summed E-state index contributed by atoms with van der Waals surface area (Å²) in [5.41, 5.74) is 3.13. The number of carbonyl (C=O) groups excluding carboxylic acids is 2. The van der Waals surface area contributed by atoms with Gasteiger partial charge in [-0.25, -0.2) is 0 Å². The number of hydrogen-bond donors (Lipinski definition) is 0. The van der Waals surface area contributed by atoms with Crippen LogP contribution < -0.4 is 9.47 Å². The Labute approximate surface area is 214 Å². The average Bonchev–Trinajstić information content (AvgIpc) is 3.51. The Morgan fingerprint density at radius 3 is 2.58 bits per heavy atom. The van der Waals surface area contributed by atoms with Crippen LogP contribution in [0, 0.1) is 0 Å². The fourth-order valence-corrected chi connectivity index (χ4v) is 6.32. The fourth-order valence-electron chi connectivity index (χ4n) is 5.42. The van der Waals surface area contributed by atoms with Crippen LogP contribution in [0.1, 0.15) is 38.8 Å². The zero-order valence-electron chi connectivity index (χ0n) is 20.1. The van der Waals surface area contributed by atoms with Crippen LogP contribution >= 0.6 is 11.3 Å². The maximum atomic E-state index is 13.5. The molecular formula is C28H29N3O4S. The summed E-state index contributed by atoms with van der Waals surface area (Å²) in [6.45, 7) is 3.79. The monoisotopic (exact) mass is 503 g/mol. The predicted molar refractivity (Wildman–Crippen MR) is 138 cm³/mol. The van der Waals surface area contributed by atoms with Gasteiger partial charge in [0.15, 0.2) is 11.5 Å². The van der Waals surface area contributed by atoms with Crippen molar-refractivity contribution in [3.63, 3.8) is 0 Å². The van der Waals surface area contributed by atoms with Gasteiger partial charge < -0.3 is 19.3 Å². The molecule has 4 heterocycles. The Bertz CT molecular complexity index is 1260. The highest BCUT2D eigenvalue weighted by molar-refractivity contribution is 7.10. The van der Waals surface area contributed by atoms with E-state index >= 15 is 0 Å². The topological polar surface area (TPSA) is 62.3 Å². The molecule has 1 atom stereocenters. The van der Waals surface area contributed by atoms with Gasteiger partial charge in [-0.1, -0.05) is 30.3 Å². The summed E-state index contributed by atoms with van der Waals surface area (Å²) in [4.78, 5) is 34.1. The molecule has 1 saturated heterocycles. The number of fused-ring (bicyclic) bond motifs is 2. The molecule has 3 aliphatic rings. The fraction of sp³-hybridized carbons (Fsp3) is 0.357. The lowest BCUT2D eigenvalue weighted by atomic mass is 9.93. The van der Waals surface area contributed by atoms with Crippen molar-refractivity contribution in [1.82, 2.24) is 14.7 Å². The van der Waals surface area contributed by atoms with Gasteiger partial charge in [0, 0.05) is 43.2 Å². The van der Waals surface area contributed by atoms with E-state index in [1.807, 2.05) is 27.2 Å². The summed E-state index contributed by atoms with van der Waals surface area (Å²) in [5.74, 6) is 1.37. The molecule has 2 amide bonds. The number of hydrogen-bond acceptors (Lipinski definition) is 6. The zero-order valence-corrected chi connectivity index (χ0v) is 20.9. The molecule has 3 aliphatic heterocycles. The normalized spacial score (nSPS) is 19.6. The molecule has 3 aromatic rings. The largest absolute Gasteiger partial charge is 0.454 e. The van der Waals surface area contributed by atoms with Gasteiger partial charge in [0.05, 0.1) is 12.6 Å². The third kappa shape index (κ3) is 4.47. The van der Waals surface area contributed by atoms with Crippen molar-refractivity contribution in [1.29, 1.82) is 0 Å². The van der Waals surface area contributed by atoms with E-state index in [2.05, 4.69) is 40.6 Å². The first kappa shape index (κ1) is 23.1. The predicted octanol–water partition coefficient (Wildman–Crippen LogP) is 3.80. The van der Waals surface area contributed by atoms with E-state index in [0.29, 0.717) is 49.8 Å². The molecule has 0 aliphatic carbocycles. The summed E-state index contributed by atoms with van der Waals surface area (Å²) < 4.78 is 10.8. The van der Waals surface area contributed by atoms with Crippen LogP contribution in [-0.2, 0) is 11.2 Å². The van der Waals surface area contributed by atoms with Crippen molar-refractivity contribution in [2.75, 3.05) is 46.1 Å². The average molecular weight is 504 g/mol. The van der Waals surface area contributed by atoms with Crippen molar-refractivity contribution in [3.05, 3.63) is 81.5 Å². The second kappa shape index (κ2) is 9.95. The number of nitrogens with zero attached hydrogens (tertiary/aromatic N) is 3. The van der Waals surface area contributed by atoms with Crippen LogP contribution in [0.2, 0.25) is 0 Å². The minimum absolute atomic E-state index is 0.0345. The van der Waals surface area contributed by atoms with Crippen LogP contribution in [-0.4, -0.2) is 72.6 Å². The number of thiophene rings is 1. The summed E-state index contributed by atoms with van der Waals surface area (Å²) in [6, 6.07) is 18.1. The Morgan fingerprint density at radius 2 is 1.69 bits per heavy atom. The molecule has 0 radical (unpaired) electrons. The molecule has 186 valence electrons. The van der Waals surface area contributed by atoms with Crippen molar-refractivity contribution in [2.24, 2.45) is 0 Å². The van der Waals surface area contributed by atoms with Gasteiger partial charge in [-0.05, 0) is 53.6 Å². The molecule has 6 rings (SSSR count). The molecule has 1 fully saturated rings. The van der Waals surface area contributed by atoms with Crippen LogP contribution in [0.3, 0.4) is 0 Å². The Hall–Kier alpha value is -3.36. The zero-order chi connectivity index (χ0) is 24.5. The Morgan fingerprint density at radius 1 is 0.889 bits per heavy atom. The van der Waals surface area contributed by atoms with E-state index < -0.39 is 0 Å². The van der Waals surface area contributed by atoms with Crippen molar-refractivity contribution < 1.29 is 19.1 Å². The number of carbonyl (C=O) groups is 2. The molecule has 0 bridgehead atoms. The van der Waals surface area contributed by atoms with Crippen LogP contribution in [0.15, 0.2) is 60.0 Å². The quantitative estimate of drug-likeness (QED) is 0.542. The van der Waals surface area contributed by atoms with E-state index in [9.17, 15) is 9.59 Å². The molecule has 0 unspecified atom stereocenters. The molecule has 7 nitrogen and oxygen atoms in total.